The summed E-state index contributed by atoms with van der Waals surface area (Å²) >= 11 is 5.08. The van der Waals surface area contributed by atoms with Crippen molar-refractivity contribution in [1.29, 1.82) is 0 Å². The maximum absolute atomic E-state index is 6.15. The van der Waals surface area contributed by atoms with Gasteiger partial charge in [-0.25, -0.2) is 0 Å². The highest BCUT2D eigenvalue weighted by Gasteiger charge is 2.07. The second-order valence-corrected chi connectivity index (χ2v) is 6.10. The first-order valence-corrected chi connectivity index (χ1v) is 7.76. The quantitative estimate of drug-likeness (QED) is 0.782. The normalized spacial score (nSPS) is 10.4. The van der Waals surface area contributed by atoms with Gasteiger partial charge in [0.2, 0.25) is 0 Å². The summed E-state index contributed by atoms with van der Waals surface area (Å²) in [6.45, 7) is 2.77. The lowest BCUT2D eigenvalue weighted by Gasteiger charge is -2.11. The summed E-state index contributed by atoms with van der Waals surface area (Å²) in [5.41, 5.74) is 6.86. The molecule has 0 radical (unpaired) electrons. The second kappa shape index (κ2) is 6.87. The Balaban J connectivity index is 2.18. The van der Waals surface area contributed by atoms with Gasteiger partial charge in [0.05, 0.1) is 12.3 Å². The van der Waals surface area contributed by atoms with Gasteiger partial charge >= 0.3 is 0 Å². The van der Waals surface area contributed by atoms with E-state index in [1.54, 1.807) is 11.8 Å². The molecule has 0 heterocycles. The molecule has 0 saturated heterocycles. The first kappa shape index (κ1) is 14.3. The van der Waals surface area contributed by atoms with Crippen molar-refractivity contribution in [2.75, 3.05) is 12.3 Å². The van der Waals surface area contributed by atoms with Crippen LogP contribution in [0.1, 0.15) is 13.3 Å². The zero-order chi connectivity index (χ0) is 13.7. The molecular weight excluding hydrogens is 322 g/mol. The smallest absolute Gasteiger partial charge is 0.143 e. The van der Waals surface area contributed by atoms with Crippen LogP contribution in [-0.2, 0) is 0 Å². The fourth-order valence-electron chi connectivity index (χ4n) is 1.58. The molecule has 0 atom stereocenters. The number of nitrogen functional groups attached to an aromatic ring is 1. The molecule has 2 nitrogen and oxygen atoms in total. The van der Waals surface area contributed by atoms with Crippen molar-refractivity contribution in [1.82, 2.24) is 0 Å². The molecule has 0 spiro atoms. The second-order valence-electron chi connectivity index (χ2n) is 4.07. The number of para-hydroxylation sites is 1. The fourth-order valence-corrected chi connectivity index (χ4v) is 2.73. The van der Waals surface area contributed by atoms with Gasteiger partial charge in [0.1, 0.15) is 5.75 Å². The van der Waals surface area contributed by atoms with E-state index in [0.29, 0.717) is 12.3 Å². The van der Waals surface area contributed by atoms with Crippen LogP contribution in [0.5, 0.6) is 5.75 Å². The van der Waals surface area contributed by atoms with Crippen molar-refractivity contribution in [2.24, 2.45) is 0 Å². The highest BCUT2D eigenvalue weighted by atomic mass is 79.9. The Morgan fingerprint density at radius 2 is 1.89 bits per heavy atom. The third kappa shape index (κ3) is 3.91. The van der Waals surface area contributed by atoms with Crippen LogP contribution in [0.15, 0.2) is 56.7 Å². The van der Waals surface area contributed by atoms with Gasteiger partial charge in [-0.2, -0.15) is 0 Å². The van der Waals surface area contributed by atoms with Gasteiger partial charge in [0.25, 0.3) is 0 Å². The van der Waals surface area contributed by atoms with Crippen LogP contribution < -0.4 is 10.5 Å². The summed E-state index contributed by atoms with van der Waals surface area (Å²) in [6.07, 6.45) is 0.976. The molecule has 2 rings (SSSR count). The van der Waals surface area contributed by atoms with E-state index in [9.17, 15) is 0 Å². The minimum Gasteiger partial charge on any atom is -0.491 e. The third-order valence-corrected chi connectivity index (χ3v) is 4.14. The summed E-state index contributed by atoms with van der Waals surface area (Å²) in [5, 5.41) is 0. The predicted molar refractivity (Wildman–Crippen MR) is 84.9 cm³/mol. The Morgan fingerprint density at radius 3 is 2.58 bits per heavy atom. The maximum atomic E-state index is 6.15. The molecule has 2 aromatic rings. The Morgan fingerprint density at radius 1 is 1.16 bits per heavy atom. The molecule has 0 bridgehead atoms. The Hall–Kier alpha value is -1.13. The molecule has 0 amide bonds. The molecular formula is C15H16BrNOS. The topological polar surface area (TPSA) is 35.2 Å². The molecule has 0 unspecified atom stereocenters. The molecule has 0 aliphatic heterocycles. The Bertz CT molecular complexity index is 542. The highest BCUT2D eigenvalue weighted by Crippen LogP contribution is 2.37. The number of nitrogens with two attached hydrogens (primary N) is 1. The summed E-state index contributed by atoms with van der Waals surface area (Å²) in [5.74, 6) is 0.768. The van der Waals surface area contributed by atoms with Gasteiger partial charge in [-0.15, -0.1) is 0 Å². The maximum Gasteiger partial charge on any atom is 0.143 e. The number of anilines is 1. The molecule has 19 heavy (non-hydrogen) atoms. The molecule has 0 fully saturated rings. The number of halogens is 1. The SMILES string of the molecule is CCCOc1cccc(Sc2ccc(Br)cc2)c1N. The largest absolute Gasteiger partial charge is 0.491 e. The van der Waals surface area contributed by atoms with E-state index in [1.807, 2.05) is 30.3 Å². The van der Waals surface area contributed by atoms with Gasteiger partial charge in [0.15, 0.2) is 0 Å². The van der Waals surface area contributed by atoms with Crippen LogP contribution in [-0.4, -0.2) is 6.61 Å². The van der Waals surface area contributed by atoms with Gasteiger partial charge in [0, 0.05) is 14.3 Å². The van der Waals surface area contributed by atoms with Crippen molar-refractivity contribution in [3.8, 4) is 5.75 Å². The van der Waals surface area contributed by atoms with E-state index in [-0.39, 0.29) is 0 Å². The first-order chi connectivity index (χ1) is 9.20. The molecule has 0 aromatic heterocycles. The summed E-state index contributed by atoms with van der Waals surface area (Å²) in [4.78, 5) is 2.18. The fraction of sp³-hybridized carbons (Fsp3) is 0.200. The van der Waals surface area contributed by atoms with Crippen LogP contribution in [0.4, 0.5) is 5.69 Å². The minimum atomic E-state index is 0.691. The van der Waals surface area contributed by atoms with E-state index in [1.165, 1.54) is 0 Å². The number of ether oxygens (including phenoxy) is 1. The lowest BCUT2D eigenvalue weighted by Crippen LogP contribution is -1.99. The summed E-state index contributed by atoms with van der Waals surface area (Å²) in [7, 11) is 0. The van der Waals surface area contributed by atoms with E-state index >= 15 is 0 Å². The molecule has 2 aromatic carbocycles. The van der Waals surface area contributed by atoms with Crippen LogP contribution >= 0.6 is 27.7 Å². The van der Waals surface area contributed by atoms with E-state index in [0.717, 1.165) is 26.4 Å². The molecule has 2 N–H and O–H groups in total. The van der Waals surface area contributed by atoms with Gasteiger partial charge in [-0.05, 0) is 42.8 Å². The van der Waals surface area contributed by atoms with Crippen LogP contribution in [0.3, 0.4) is 0 Å². The number of hydrogen-bond acceptors (Lipinski definition) is 3. The van der Waals surface area contributed by atoms with E-state index in [4.69, 9.17) is 10.5 Å². The first-order valence-electron chi connectivity index (χ1n) is 6.15. The van der Waals surface area contributed by atoms with Crippen molar-refractivity contribution >= 4 is 33.4 Å². The standard InChI is InChI=1S/C15H16BrNOS/c1-2-10-18-13-4-3-5-14(15(13)17)19-12-8-6-11(16)7-9-12/h3-9H,2,10,17H2,1H3. The predicted octanol–water partition coefficient (Wildman–Crippen LogP) is 4.97. The highest BCUT2D eigenvalue weighted by molar-refractivity contribution is 9.10. The summed E-state index contributed by atoms with van der Waals surface area (Å²) in [6, 6.07) is 14.1. The minimum absolute atomic E-state index is 0.691. The van der Waals surface area contributed by atoms with Crippen LogP contribution in [0.2, 0.25) is 0 Å². The Kier molecular flexibility index (Phi) is 5.16. The van der Waals surface area contributed by atoms with Crippen LogP contribution in [0.25, 0.3) is 0 Å². The average Bonchev–Trinajstić information content (AvgIpc) is 2.42. The number of hydrogen-bond donors (Lipinski definition) is 1. The van der Waals surface area contributed by atoms with E-state index < -0.39 is 0 Å². The Labute approximate surface area is 126 Å². The zero-order valence-electron chi connectivity index (χ0n) is 10.7. The van der Waals surface area contributed by atoms with Crippen molar-refractivity contribution < 1.29 is 4.74 Å². The van der Waals surface area contributed by atoms with Crippen molar-refractivity contribution in [3.63, 3.8) is 0 Å². The van der Waals surface area contributed by atoms with Gasteiger partial charge < -0.3 is 10.5 Å². The third-order valence-electron chi connectivity index (χ3n) is 2.53. The van der Waals surface area contributed by atoms with Crippen molar-refractivity contribution in [2.45, 2.75) is 23.1 Å². The molecule has 0 saturated carbocycles. The molecule has 4 heteroatoms. The summed E-state index contributed by atoms with van der Waals surface area (Å²) < 4.78 is 6.71. The molecule has 0 aliphatic rings. The van der Waals surface area contributed by atoms with Crippen molar-refractivity contribution in [3.05, 3.63) is 46.9 Å². The monoisotopic (exact) mass is 337 g/mol. The lowest BCUT2D eigenvalue weighted by molar-refractivity contribution is 0.318. The molecule has 0 aliphatic carbocycles. The average molecular weight is 338 g/mol. The number of benzene rings is 2. The molecule has 100 valence electrons. The van der Waals surface area contributed by atoms with Gasteiger partial charge in [-0.1, -0.05) is 40.7 Å². The van der Waals surface area contributed by atoms with Crippen LogP contribution in [0, 0.1) is 0 Å². The van der Waals surface area contributed by atoms with E-state index in [2.05, 4.69) is 35.0 Å². The lowest BCUT2D eigenvalue weighted by atomic mass is 10.3. The zero-order valence-corrected chi connectivity index (χ0v) is 13.1. The number of rotatable bonds is 5. The van der Waals surface area contributed by atoms with Gasteiger partial charge in [-0.3, -0.25) is 0 Å².